The van der Waals surface area contributed by atoms with E-state index in [0.29, 0.717) is 17.3 Å². The molecule has 31 heavy (non-hydrogen) atoms. The molecule has 0 spiro atoms. The third-order valence-electron chi connectivity index (χ3n) is 6.05. The summed E-state index contributed by atoms with van der Waals surface area (Å²) < 4.78 is 0. The minimum Gasteiger partial charge on any atom is -0.341 e. The lowest BCUT2D eigenvalue weighted by Crippen LogP contribution is -2.52. The summed E-state index contributed by atoms with van der Waals surface area (Å²) in [5, 5.41) is 3.42. The van der Waals surface area contributed by atoms with E-state index in [4.69, 9.17) is 11.6 Å². The van der Waals surface area contributed by atoms with Crippen molar-refractivity contribution >= 4 is 29.1 Å². The number of carbonyl (C=O) groups is 2. The van der Waals surface area contributed by atoms with Gasteiger partial charge in [0.2, 0.25) is 11.8 Å². The minimum absolute atomic E-state index is 0.0747. The van der Waals surface area contributed by atoms with E-state index in [1.807, 2.05) is 47.4 Å². The van der Waals surface area contributed by atoms with Gasteiger partial charge < -0.3 is 10.2 Å². The first-order valence-corrected chi connectivity index (χ1v) is 11.3. The zero-order valence-electron chi connectivity index (χ0n) is 17.7. The van der Waals surface area contributed by atoms with Crippen molar-refractivity contribution in [1.82, 2.24) is 14.7 Å². The molecule has 2 aliphatic rings. The molecule has 0 radical (unpaired) electrons. The van der Waals surface area contributed by atoms with Crippen LogP contribution in [0.2, 0.25) is 5.02 Å². The van der Waals surface area contributed by atoms with Crippen LogP contribution in [0.15, 0.2) is 54.6 Å². The van der Waals surface area contributed by atoms with Crippen LogP contribution >= 0.6 is 11.6 Å². The fourth-order valence-electron chi connectivity index (χ4n) is 4.39. The lowest BCUT2D eigenvalue weighted by atomic mass is 10.0. The summed E-state index contributed by atoms with van der Waals surface area (Å²) >= 11 is 6.14. The van der Waals surface area contributed by atoms with Gasteiger partial charge in [0, 0.05) is 39.3 Å². The maximum absolute atomic E-state index is 13.3. The number of hydrogen-bond acceptors (Lipinski definition) is 4. The van der Waals surface area contributed by atoms with Gasteiger partial charge in [-0.05, 0) is 30.5 Å². The molecular formula is C24H29ClN4O2. The maximum atomic E-state index is 13.3. The molecule has 0 aliphatic carbocycles. The second-order valence-corrected chi connectivity index (χ2v) is 8.59. The zero-order chi connectivity index (χ0) is 21.6. The number of hydrogen-bond donors (Lipinski definition) is 1. The number of piperazine rings is 1. The van der Waals surface area contributed by atoms with Crippen LogP contribution in [0.5, 0.6) is 0 Å². The van der Waals surface area contributed by atoms with Gasteiger partial charge in [0.05, 0.1) is 17.3 Å². The van der Waals surface area contributed by atoms with Crippen molar-refractivity contribution in [2.75, 3.05) is 51.1 Å². The number of amides is 2. The van der Waals surface area contributed by atoms with Crippen molar-refractivity contribution < 1.29 is 9.59 Å². The smallest absolute Gasteiger partial charge is 0.244 e. The molecule has 1 atom stereocenters. The molecular weight excluding hydrogens is 412 g/mol. The molecule has 0 bridgehead atoms. The van der Waals surface area contributed by atoms with Crippen LogP contribution in [-0.4, -0.2) is 72.3 Å². The topological polar surface area (TPSA) is 55.9 Å². The van der Waals surface area contributed by atoms with Gasteiger partial charge in [-0.15, -0.1) is 0 Å². The van der Waals surface area contributed by atoms with E-state index in [-0.39, 0.29) is 17.9 Å². The Hall–Kier alpha value is -2.41. The molecule has 4 rings (SSSR count). The SMILES string of the molecule is O=C(CN1CCN([C@@H](C(=O)N2CCCC2)c2ccccc2)CC1)Nc1ccccc1Cl. The number of nitrogens with zero attached hydrogens (tertiary/aromatic N) is 3. The van der Waals surface area contributed by atoms with E-state index >= 15 is 0 Å². The van der Waals surface area contributed by atoms with Crippen LogP contribution in [0.1, 0.15) is 24.4 Å². The summed E-state index contributed by atoms with van der Waals surface area (Å²) in [5.41, 5.74) is 1.68. The number of para-hydroxylation sites is 1. The van der Waals surface area contributed by atoms with Gasteiger partial charge in [0.15, 0.2) is 0 Å². The van der Waals surface area contributed by atoms with Crippen molar-refractivity contribution in [3.8, 4) is 0 Å². The van der Waals surface area contributed by atoms with Gasteiger partial charge in [0.1, 0.15) is 6.04 Å². The zero-order valence-corrected chi connectivity index (χ0v) is 18.4. The highest BCUT2D eigenvalue weighted by atomic mass is 35.5. The Bertz CT molecular complexity index is 893. The molecule has 0 unspecified atom stereocenters. The number of rotatable bonds is 6. The van der Waals surface area contributed by atoms with Gasteiger partial charge in [0.25, 0.3) is 0 Å². The van der Waals surface area contributed by atoms with Gasteiger partial charge in [-0.3, -0.25) is 19.4 Å². The predicted molar refractivity (Wildman–Crippen MR) is 123 cm³/mol. The van der Waals surface area contributed by atoms with Crippen molar-refractivity contribution in [3.05, 3.63) is 65.2 Å². The molecule has 2 amide bonds. The quantitative estimate of drug-likeness (QED) is 0.749. The monoisotopic (exact) mass is 440 g/mol. The fourth-order valence-corrected chi connectivity index (χ4v) is 4.57. The molecule has 2 aliphatic heterocycles. The maximum Gasteiger partial charge on any atom is 0.244 e. The molecule has 6 nitrogen and oxygen atoms in total. The predicted octanol–water partition coefficient (Wildman–Crippen LogP) is 3.26. The Balaban J connectivity index is 1.37. The van der Waals surface area contributed by atoms with Crippen molar-refractivity contribution in [2.45, 2.75) is 18.9 Å². The number of halogens is 1. The normalized spacial score (nSPS) is 18.7. The van der Waals surface area contributed by atoms with Crippen LogP contribution in [-0.2, 0) is 9.59 Å². The minimum atomic E-state index is -0.251. The summed E-state index contributed by atoms with van der Waals surface area (Å²) in [6.45, 7) is 5.00. The molecule has 2 heterocycles. The van der Waals surface area contributed by atoms with Gasteiger partial charge in [-0.1, -0.05) is 54.1 Å². The van der Waals surface area contributed by atoms with Crippen LogP contribution < -0.4 is 5.32 Å². The van der Waals surface area contributed by atoms with Gasteiger partial charge in [-0.25, -0.2) is 0 Å². The fraction of sp³-hybridized carbons (Fsp3) is 0.417. The Morgan fingerprint density at radius 1 is 0.871 bits per heavy atom. The Morgan fingerprint density at radius 3 is 2.19 bits per heavy atom. The van der Waals surface area contributed by atoms with Gasteiger partial charge >= 0.3 is 0 Å². The van der Waals surface area contributed by atoms with Gasteiger partial charge in [-0.2, -0.15) is 0 Å². The first-order valence-electron chi connectivity index (χ1n) is 11.0. The number of likely N-dealkylation sites (tertiary alicyclic amines) is 1. The Morgan fingerprint density at radius 2 is 1.52 bits per heavy atom. The van der Waals surface area contributed by atoms with E-state index in [9.17, 15) is 9.59 Å². The van der Waals surface area contributed by atoms with Crippen molar-refractivity contribution in [3.63, 3.8) is 0 Å². The first-order chi connectivity index (χ1) is 15.1. The van der Waals surface area contributed by atoms with Crippen LogP contribution in [0.25, 0.3) is 0 Å². The number of anilines is 1. The standard InChI is InChI=1S/C24H29ClN4O2/c25-20-10-4-5-11-21(20)26-22(30)18-27-14-16-28(17-15-27)23(19-8-2-1-3-9-19)24(31)29-12-6-7-13-29/h1-5,8-11,23H,6-7,12-18H2,(H,26,30)/t23-/m1/s1. The average Bonchev–Trinajstić information content (AvgIpc) is 3.32. The molecule has 1 N–H and O–H groups in total. The Labute approximate surface area is 188 Å². The summed E-state index contributed by atoms with van der Waals surface area (Å²) in [6.07, 6.45) is 2.17. The van der Waals surface area contributed by atoms with E-state index in [1.54, 1.807) is 12.1 Å². The van der Waals surface area contributed by atoms with E-state index in [0.717, 1.165) is 57.7 Å². The molecule has 2 aromatic rings. The lowest BCUT2D eigenvalue weighted by Gasteiger charge is -2.39. The second-order valence-electron chi connectivity index (χ2n) is 8.19. The molecule has 0 aromatic heterocycles. The van der Waals surface area contributed by atoms with Crippen LogP contribution in [0, 0.1) is 0 Å². The Kier molecular flexibility index (Phi) is 7.22. The molecule has 0 saturated carbocycles. The number of carbonyl (C=O) groups excluding carboxylic acids is 2. The van der Waals surface area contributed by atoms with Crippen molar-refractivity contribution in [1.29, 1.82) is 0 Å². The molecule has 7 heteroatoms. The largest absolute Gasteiger partial charge is 0.341 e. The second kappa shape index (κ2) is 10.3. The summed E-state index contributed by atoms with van der Waals surface area (Å²) in [5.74, 6) is 0.128. The third kappa shape index (κ3) is 5.45. The van der Waals surface area contributed by atoms with Crippen LogP contribution in [0.3, 0.4) is 0 Å². The lowest BCUT2D eigenvalue weighted by molar-refractivity contribution is -0.137. The average molecular weight is 441 g/mol. The van der Waals surface area contributed by atoms with Crippen molar-refractivity contribution in [2.24, 2.45) is 0 Å². The molecule has 164 valence electrons. The summed E-state index contributed by atoms with van der Waals surface area (Å²) in [6, 6.07) is 17.1. The molecule has 2 aromatic carbocycles. The number of benzene rings is 2. The van der Waals surface area contributed by atoms with Crippen LogP contribution in [0.4, 0.5) is 5.69 Å². The number of nitrogens with one attached hydrogen (secondary N) is 1. The summed E-state index contributed by atoms with van der Waals surface area (Å²) in [4.78, 5) is 32.2. The van der Waals surface area contributed by atoms with E-state index in [1.165, 1.54) is 0 Å². The molecule has 2 saturated heterocycles. The highest BCUT2D eigenvalue weighted by Crippen LogP contribution is 2.26. The van der Waals surface area contributed by atoms with E-state index < -0.39 is 0 Å². The van der Waals surface area contributed by atoms with E-state index in [2.05, 4.69) is 15.1 Å². The first kappa shape index (κ1) is 21.8. The molecule has 2 fully saturated rings. The highest BCUT2D eigenvalue weighted by Gasteiger charge is 2.34. The highest BCUT2D eigenvalue weighted by molar-refractivity contribution is 6.33. The summed E-state index contributed by atoms with van der Waals surface area (Å²) in [7, 11) is 0. The third-order valence-corrected chi connectivity index (χ3v) is 6.38.